The summed E-state index contributed by atoms with van der Waals surface area (Å²) in [5.74, 6) is -0.0327. The van der Waals surface area contributed by atoms with E-state index in [1.165, 1.54) is 141 Å². The van der Waals surface area contributed by atoms with Gasteiger partial charge in [-0.2, -0.15) is 0 Å². The molecule has 0 aromatic heterocycles. The van der Waals surface area contributed by atoms with Crippen LogP contribution in [-0.4, -0.2) is 34.9 Å². The van der Waals surface area contributed by atoms with E-state index in [2.05, 4.69) is 19.2 Å². The number of nitrogens with one attached hydrogen (secondary N) is 1. The molecule has 1 amide bonds. The Bertz CT molecular complexity index is 471. The van der Waals surface area contributed by atoms with Crippen LogP contribution in [0.2, 0.25) is 0 Å². The molecule has 0 aliphatic rings. The minimum Gasteiger partial charge on any atom is -0.394 e. The van der Waals surface area contributed by atoms with Crippen LogP contribution in [0.1, 0.15) is 194 Å². The highest BCUT2D eigenvalue weighted by atomic mass is 16.3. The molecule has 0 radical (unpaired) electrons. The Morgan fingerprint density at radius 3 is 1.18 bits per heavy atom. The molecule has 0 aliphatic carbocycles. The molecule has 2 atom stereocenters. The minimum absolute atomic E-state index is 0.0327. The maximum absolute atomic E-state index is 12.2. The van der Waals surface area contributed by atoms with Gasteiger partial charge in [0.05, 0.1) is 18.8 Å². The Hall–Kier alpha value is -0.610. The quantitative estimate of drug-likeness (QED) is 0.0768. The zero-order chi connectivity index (χ0) is 27.9. The predicted molar refractivity (Wildman–Crippen MR) is 166 cm³/mol. The van der Waals surface area contributed by atoms with Crippen molar-refractivity contribution in [1.29, 1.82) is 0 Å². The van der Waals surface area contributed by atoms with Gasteiger partial charge < -0.3 is 15.5 Å². The van der Waals surface area contributed by atoms with Crippen LogP contribution in [0.15, 0.2) is 0 Å². The highest BCUT2D eigenvalue weighted by Gasteiger charge is 2.19. The van der Waals surface area contributed by atoms with E-state index in [0.717, 1.165) is 25.7 Å². The molecule has 0 rings (SSSR count). The molecule has 0 heterocycles. The first-order chi connectivity index (χ1) is 18.7. The largest absolute Gasteiger partial charge is 0.394 e. The van der Waals surface area contributed by atoms with E-state index in [9.17, 15) is 15.0 Å². The predicted octanol–water partition coefficient (Wildman–Crippen LogP) is 9.79. The first-order valence-corrected chi connectivity index (χ1v) is 17.2. The summed E-state index contributed by atoms with van der Waals surface area (Å²) in [4.78, 5) is 12.2. The molecule has 0 aliphatic heterocycles. The van der Waals surface area contributed by atoms with Crippen molar-refractivity contribution in [3.05, 3.63) is 0 Å². The number of carbonyl (C=O) groups is 1. The molecule has 0 aromatic rings. The SMILES string of the molecule is CCCCCCCCCCCCCCCCCC[C@@H](O)[C@H](CO)NC(=O)CCCCCCCCCCCC. The Balaban J connectivity index is 3.53. The van der Waals surface area contributed by atoms with Gasteiger partial charge in [0, 0.05) is 6.42 Å². The maximum Gasteiger partial charge on any atom is 0.220 e. The molecule has 228 valence electrons. The second kappa shape index (κ2) is 30.9. The number of amides is 1. The highest BCUT2D eigenvalue weighted by Crippen LogP contribution is 2.15. The van der Waals surface area contributed by atoms with Crippen molar-refractivity contribution in [1.82, 2.24) is 5.32 Å². The lowest BCUT2D eigenvalue weighted by Gasteiger charge is -2.22. The van der Waals surface area contributed by atoms with Gasteiger partial charge in [0.2, 0.25) is 5.91 Å². The molecule has 0 fully saturated rings. The Kier molecular flexibility index (Phi) is 30.4. The van der Waals surface area contributed by atoms with Crippen molar-refractivity contribution in [2.24, 2.45) is 0 Å². The van der Waals surface area contributed by atoms with E-state index < -0.39 is 12.1 Å². The number of aliphatic hydroxyl groups is 2. The molecular formula is C34H69NO3. The Labute approximate surface area is 238 Å². The summed E-state index contributed by atoms with van der Waals surface area (Å²) in [6, 6.07) is -0.526. The number of hydrogen-bond acceptors (Lipinski definition) is 3. The summed E-state index contributed by atoms with van der Waals surface area (Å²) in [7, 11) is 0. The average molecular weight is 540 g/mol. The van der Waals surface area contributed by atoms with Crippen molar-refractivity contribution in [2.75, 3.05) is 6.61 Å². The molecular weight excluding hydrogens is 470 g/mol. The molecule has 0 aromatic carbocycles. The topological polar surface area (TPSA) is 69.6 Å². The number of aliphatic hydroxyl groups excluding tert-OH is 2. The van der Waals surface area contributed by atoms with Crippen molar-refractivity contribution in [2.45, 2.75) is 206 Å². The molecule has 0 saturated heterocycles. The Morgan fingerprint density at radius 1 is 0.526 bits per heavy atom. The fourth-order valence-electron chi connectivity index (χ4n) is 5.42. The van der Waals surface area contributed by atoms with Gasteiger partial charge in [-0.25, -0.2) is 0 Å². The maximum atomic E-state index is 12.2. The van der Waals surface area contributed by atoms with E-state index >= 15 is 0 Å². The summed E-state index contributed by atoms with van der Waals surface area (Å²) < 4.78 is 0. The normalized spacial score (nSPS) is 13.1. The molecule has 0 saturated carbocycles. The van der Waals surface area contributed by atoms with E-state index in [4.69, 9.17) is 0 Å². The van der Waals surface area contributed by atoms with Gasteiger partial charge in [0.1, 0.15) is 0 Å². The number of rotatable bonds is 31. The fraction of sp³-hybridized carbons (Fsp3) is 0.971. The van der Waals surface area contributed by atoms with Gasteiger partial charge in [0.25, 0.3) is 0 Å². The zero-order valence-corrected chi connectivity index (χ0v) is 26.0. The van der Waals surface area contributed by atoms with Gasteiger partial charge in [0.15, 0.2) is 0 Å². The van der Waals surface area contributed by atoms with Crippen LogP contribution in [0.3, 0.4) is 0 Å². The van der Waals surface area contributed by atoms with Crippen LogP contribution in [0.25, 0.3) is 0 Å². The van der Waals surface area contributed by atoms with Crippen molar-refractivity contribution in [3.8, 4) is 0 Å². The standard InChI is InChI=1S/C34H69NO3/c1-3-5-7-9-11-13-15-16-17-18-19-20-21-23-25-27-29-33(37)32(31-36)35-34(38)30-28-26-24-22-14-12-10-8-6-4-2/h32-33,36-37H,3-31H2,1-2H3,(H,35,38)/t32-,33+/m0/s1. The molecule has 0 spiro atoms. The Morgan fingerprint density at radius 2 is 0.842 bits per heavy atom. The molecule has 3 N–H and O–H groups in total. The van der Waals surface area contributed by atoms with Crippen LogP contribution in [0, 0.1) is 0 Å². The lowest BCUT2D eigenvalue weighted by atomic mass is 10.0. The molecule has 0 unspecified atom stereocenters. The summed E-state index contributed by atoms with van der Waals surface area (Å²) in [5, 5.41) is 23.0. The third-order valence-corrected chi connectivity index (χ3v) is 8.12. The number of unbranched alkanes of at least 4 members (excludes halogenated alkanes) is 24. The van der Waals surface area contributed by atoms with Crippen LogP contribution >= 0.6 is 0 Å². The van der Waals surface area contributed by atoms with E-state index in [-0.39, 0.29) is 12.5 Å². The molecule has 4 heteroatoms. The van der Waals surface area contributed by atoms with Crippen LogP contribution < -0.4 is 5.32 Å². The minimum atomic E-state index is -0.650. The summed E-state index contributed by atoms with van der Waals surface area (Å²) >= 11 is 0. The zero-order valence-electron chi connectivity index (χ0n) is 26.0. The van der Waals surface area contributed by atoms with E-state index in [1.54, 1.807) is 0 Å². The summed E-state index contributed by atoms with van der Waals surface area (Å²) in [5.41, 5.74) is 0. The second-order valence-corrected chi connectivity index (χ2v) is 11.9. The second-order valence-electron chi connectivity index (χ2n) is 11.9. The summed E-state index contributed by atoms with van der Waals surface area (Å²) in [6.07, 6.45) is 34.4. The third-order valence-electron chi connectivity index (χ3n) is 8.12. The van der Waals surface area contributed by atoms with Gasteiger partial charge in [-0.3, -0.25) is 4.79 Å². The fourth-order valence-corrected chi connectivity index (χ4v) is 5.42. The van der Waals surface area contributed by atoms with Crippen molar-refractivity contribution >= 4 is 5.91 Å². The molecule has 0 bridgehead atoms. The van der Waals surface area contributed by atoms with Gasteiger partial charge in [-0.05, 0) is 12.8 Å². The number of carbonyl (C=O) groups excluding carboxylic acids is 1. The first kappa shape index (κ1) is 37.4. The third kappa shape index (κ3) is 27.0. The van der Waals surface area contributed by atoms with E-state index in [0.29, 0.717) is 12.8 Å². The van der Waals surface area contributed by atoms with Gasteiger partial charge >= 0.3 is 0 Å². The van der Waals surface area contributed by atoms with Crippen LogP contribution in [0.5, 0.6) is 0 Å². The molecule has 4 nitrogen and oxygen atoms in total. The number of hydrogen-bond donors (Lipinski definition) is 3. The lowest BCUT2D eigenvalue weighted by molar-refractivity contribution is -0.123. The van der Waals surface area contributed by atoms with E-state index in [1.807, 2.05) is 0 Å². The lowest BCUT2D eigenvalue weighted by Crippen LogP contribution is -2.45. The highest BCUT2D eigenvalue weighted by molar-refractivity contribution is 5.76. The smallest absolute Gasteiger partial charge is 0.220 e. The van der Waals surface area contributed by atoms with Crippen molar-refractivity contribution in [3.63, 3.8) is 0 Å². The van der Waals surface area contributed by atoms with Crippen LogP contribution in [0.4, 0.5) is 0 Å². The van der Waals surface area contributed by atoms with Crippen LogP contribution in [-0.2, 0) is 4.79 Å². The monoisotopic (exact) mass is 540 g/mol. The van der Waals surface area contributed by atoms with Gasteiger partial charge in [-0.1, -0.05) is 174 Å². The summed E-state index contributed by atoms with van der Waals surface area (Å²) in [6.45, 7) is 4.34. The van der Waals surface area contributed by atoms with Crippen molar-refractivity contribution < 1.29 is 15.0 Å². The molecule has 38 heavy (non-hydrogen) atoms. The van der Waals surface area contributed by atoms with Gasteiger partial charge in [-0.15, -0.1) is 0 Å². The first-order valence-electron chi connectivity index (χ1n) is 17.2. The average Bonchev–Trinajstić information content (AvgIpc) is 2.92.